The molecule has 0 heterocycles. The molecule has 0 aliphatic rings. The fourth-order valence-electron chi connectivity index (χ4n) is 1.29. The van der Waals surface area contributed by atoms with E-state index in [0.29, 0.717) is 23.9 Å². The van der Waals surface area contributed by atoms with E-state index in [0.717, 1.165) is 11.8 Å². The van der Waals surface area contributed by atoms with Gasteiger partial charge in [-0.25, -0.2) is 0 Å². The molecule has 5 nitrogen and oxygen atoms in total. The summed E-state index contributed by atoms with van der Waals surface area (Å²) in [6.45, 7) is 0.808. The number of likely N-dealkylation sites (N-methyl/N-ethyl adjacent to an activating group) is 1. The van der Waals surface area contributed by atoms with Crippen molar-refractivity contribution in [2.45, 2.75) is 0 Å². The molecule has 7 heteroatoms. The first-order valence-corrected chi connectivity index (χ1v) is 7.44. The number of rotatable bonds is 8. The molecule has 1 N–H and O–H groups in total. The molecule has 0 radical (unpaired) electrons. The number of aliphatic carboxylic acids is 1. The van der Waals surface area contributed by atoms with E-state index in [2.05, 4.69) is 0 Å². The lowest BCUT2D eigenvalue weighted by molar-refractivity contribution is -0.133. The number of hydrogen-bond donors (Lipinski definition) is 1. The van der Waals surface area contributed by atoms with E-state index >= 15 is 0 Å². The minimum absolute atomic E-state index is 0.0686. The van der Waals surface area contributed by atoms with Crippen LogP contribution in [0.15, 0.2) is 24.3 Å². The van der Waals surface area contributed by atoms with Crippen LogP contribution >= 0.6 is 23.4 Å². The van der Waals surface area contributed by atoms with Gasteiger partial charge in [-0.1, -0.05) is 11.6 Å². The second kappa shape index (κ2) is 8.71. The van der Waals surface area contributed by atoms with Crippen molar-refractivity contribution in [3.63, 3.8) is 0 Å². The number of carbonyl (C=O) groups is 2. The highest BCUT2D eigenvalue weighted by molar-refractivity contribution is 8.00. The van der Waals surface area contributed by atoms with E-state index in [9.17, 15) is 9.59 Å². The lowest BCUT2D eigenvalue weighted by Gasteiger charge is -2.17. The Balaban J connectivity index is 2.21. The molecule has 0 aliphatic heterocycles. The number of amides is 1. The summed E-state index contributed by atoms with van der Waals surface area (Å²) in [5, 5.41) is 9.12. The number of thioether (sulfide) groups is 1. The van der Waals surface area contributed by atoms with Crippen molar-refractivity contribution in [3.8, 4) is 5.75 Å². The topological polar surface area (TPSA) is 66.8 Å². The molecule has 0 unspecified atom stereocenters. The van der Waals surface area contributed by atoms with Crippen LogP contribution in [0.3, 0.4) is 0 Å². The maximum atomic E-state index is 11.7. The third-order valence-electron chi connectivity index (χ3n) is 2.39. The van der Waals surface area contributed by atoms with Gasteiger partial charge in [0, 0.05) is 12.1 Å². The normalized spacial score (nSPS) is 10.1. The number of carbonyl (C=O) groups excluding carboxylic acids is 1. The average Bonchev–Trinajstić information content (AvgIpc) is 2.40. The molecule has 20 heavy (non-hydrogen) atoms. The molecule has 1 amide bonds. The lowest BCUT2D eigenvalue weighted by atomic mass is 10.3. The van der Waals surface area contributed by atoms with Crippen LogP contribution in [0.2, 0.25) is 5.02 Å². The van der Waals surface area contributed by atoms with Gasteiger partial charge in [-0.05, 0) is 24.3 Å². The van der Waals surface area contributed by atoms with Crippen molar-refractivity contribution < 1.29 is 19.4 Å². The number of carboxylic acids is 1. The molecule has 0 saturated carbocycles. The maximum absolute atomic E-state index is 11.7. The summed E-state index contributed by atoms with van der Waals surface area (Å²) in [4.78, 5) is 23.5. The van der Waals surface area contributed by atoms with Crippen molar-refractivity contribution in [2.75, 3.05) is 31.7 Å². The average molecular weight is 318 g/mol. The molecule has 0 spiro atoms. The highest BCUT2D eigenvalue weighted by Crippen LogP contribution is 2.15. The number of hydrogen-bond acceptors (Lipinski definition) is 4. The zero-order chi connectivity index (χ0) is 15.0. The first-order chi connectivity index (χ1) is 9.49. The predicted octanol–water partition coefficient (Wildman–Crippen LogP) is 2.00. The third-order valence-corrected chi connectivity index (χ3v) is 3.54. The fourth-order valence-corrected chi connectivity index (χ4v) is 2.09. The zero-order valence-corrected chi connectivity index (χ0v) is 12.6. The number of ether oxygens (including phenoxy) is 1. The second-order valence-electron chi connectivity index (χ2n) is 4.00. The van der Waals surface area contributed by atoms with Gasteiger partial charge in [-0.15, -0.1) is 11.8 Å². The molecule has 1 rings (SSSR count). The Kier molecular flexibility index (Phi) is 7.25. The summed E-state index contributed by atoms with van der Waals surface area (Å²) in [5.74, 6) is -0.257. The molecule has 0 saturated heterocycles. The minimum atomic E-state index is -0.920. The molecule has 0 fully saturated rings. The van der Waals surface area contributed by atoms with Crippen LogP contribution in [0.25, 0.3) is 0 Å². The summed E-state index contributed by atoms with van der Waals surface area (Å²) < 4.78 is 5.47. The van der Waals surface area contributed by atoms with Crippen LogP contribution in [-0.2, 0) is 9.59 Å². The standard InChI is InChI=1S/C13H16ClNO4S/c1-15(12(16)8-20-9-13(17)18)6-7-19-11-4-2-10(14)3-5-11/h2-5H,6-9H2,1H3,(H,17,18). The quantitative estimate of drug-likeness (QED) is 0.794. The Morgan fingerprint density at radius 2 is 1.95 bits per heavy atom. The number of halogens is 1. The third kappa shape index (κ3) is 6.68. The molecule has 0 aliphatic carbocycles. The van der Waals surface area contributed by atoms with Crippen LogP contribution in [0.1, 0.15) is 0 Å². The van der Waals surface area contributed by atoms with E-state index in [4.69, 9.17) is 21.4 Å². The monoisotopic (exact) mass is 317 g/mol. The van der Waals surface area contributed by atoms with Gasteiger partial charge in [0.15, 0.2) is 0 Å². The van der Waals surface area contributed by atoms with E-state index in [1.807, 2.05) is 0 Å². The van der Waals surface area contributed by atoms with Crippen LogP contribution in [0.5, 0.6) is 5.75 Å². The number of carboxylic acid groups (broad SMARTS) is 1. The van der Waals surface area contributed by atoms with E-state index in [-0.39, 0.29) is 17.4 Å². The minimum Gasteiger partial charge on any atom is -0.492 e. The van der Waals surface area contributed by atoms with Gasteiger partial charge < -0.3 is 14.7 Å². The summed E-state index contributed by atoms with van der Waals surface area (Å²) in [7, 11) is 1.66. The Morgan fingerprint density at radius 1 is 1.30 bits per heavy atom. The summed E-state index contributed by atoms with van der Waals surface area (Å²) in [6.07, 6.45) is 0. The van der Waals surface area contributed by atoms with E-state index < -0.39 is 5.97 Å². The molecule has 1 aromatic rings. The van der Waals surface area contributed by atoms with Crippen molar-refractivity contribution >= 4 is 35.2 Å². The highest BCUT2D eigenvalue weighted by Gasteiger charge is 2.09. The molecule has 0 bridgehead atoms. The summed E-state index contributed by atoms with van der Waals surface area (Å²) in [6, 6.07) is 6.97. The first-order valence-electron chi connectivity index (χ1n) is 5.91. The summed E-state index contributed by atoms with van der Waals surface area (Å²) in [5.41, 5.74) is 0. The molecular weight excluding hydrogens is 302 g/mol. The van der Waals surface area contributed by atoms with Gasteiger partial charge in [0.05, 0.1) is 18.1 Å². The van der Waals surface area contributed by atoms with Gasteiger partial charge in [-0.2, -0.15) is 0 Å². The lowest BCUT2D eigenvalue weighted by Crippen LogP contribution is -2.32. The van der Waals surface area contributed by atoms with Crippen LogP contribution in [0.4, 0.5) is 0 Å². The van der Waals surface area contributed by atoms with E-state index in [1.165, 1.54) is 4.90 Å². The van der Waals surface area contributed by atoms with Gasteiger partial charge in [-0.3, -0.25) is 9.59 Å². The molecule has 0 aromatic heterocycles. The van der Waals surface area contributed by atoms with Gasteiger partial charge in [0.25, 0.3) is 0 Å². The predicted molar refractivity (Wildman–Crippen MR) is 79.5 cm³/mol. The Morgan fingerprint density at radius 3 is 2.55 bits per heavy atom. The fraction of sp³-hybridized carbons (Fsp3) is 0.385. The van der Waals surface area contributed by atoms with Crippen molar-refractivity contribution in [3.05, 3.63) is 29.3 Å². The largest absolute Gasteiger partial charge is 0.492 e. The first kappa shape index (κ1) is 16.7. The smallest absolute Gasteiger partial charge is 0.313 e. The van der Waals surface area contributed by atoms with Crippen molar-refractivity contribution in [2.24, 2.45) is 0 Å². The van der Waals surface area contributed by atoms with Gasteiger partial charge in [0.2, 0.25) is 5.91 Å². The van der Waals surface area contributed by atoms with Gasteiger partial charge >= 0.3 is 5.97 Å². The van der Waals surface area contributed by atoms with Crippen molar-refractivity contribution in [1.82, 2.24) is 4.90 Å². The molecule has 1 aromatic carbocycles. The van der Waals surface area contributed by atoms with Crippen LogP contribution < -0.4 is 4.74 Å². The molecular formula is C13H16ClNO4S. The Hall–Kier alpha value is -1.40. The van der Waals surface area contributed by atoms with Crippen LogP contribution in [0, 0.1) is 0 Å². The maximum Gasteiger partial charge on any atom is 0.313 e. The van der Waals surface area contributed by atoms with Crippen LogP contribution in [-0.4, -0.2) is 53.6 Å². The number of benzene rings is 1. The molecule has 0 atom stereocenters. The van der Waals surface area contributed by atoms with Gasteiger partial charge in [0.1, 0.15) is 12.4 Å². The zero-order valence-electron chi connectivity index (χ0n) is 11.0. The van der Waals surface area contributed by atoms with E-state index in [1.54, 1.807) is 31.3 Å². The number of nitrogens with zero attached hydrogens (tertiary/aromatic N) is 1. The Bertz CT molecular complexity index is 452. The highest BCUT2D eigenvalue weighted by atomic mass is 35.5. The SMILES string of the molecule is CN(CCOc1ccc(Cl)cc1)C(=O)CSCC(=O)O. The second-order valence-corrected chi connectivity index (χ2v) is 5.43. The summed E-state index contributed by atoms with van der Waals surface area (Å²) >= 11 is 6.84. The molecule has 110 valence electrons. The Labute approximate surface area is 126 Å². The van der Waals surface area contributed by atoms with Crippen molar-refractivity contribution in [1.29, 1.82) is 0 Å².